The second-order valence-corrected chi connectivity index (χ2v) is 5.19. The summed E-state index contributed by atoms with van der Waals surface area (Å²) in [6, 6.07) is 8.56. The van der Waals surface area contributed by atoms with Gasteiger partial charge < -0.3 is 9.84 Å². The largest absolute Gasteiger partial charge is 0.486 e. The monoisotopic (exact) mass is 309 g/mol. The van der Waals surface area contributed by atoms with Crippen molar-refractivity contribution in [1.82, 2.24) is 0 Å². The van der Waals surface area contributed by atoms with Gasteiger partial charge >= 0.3 is 5.97 Å². The van der Waals surface area contributed by atoms with Gasteiger partial charge in [-0.15, -0.1) is 0 Å². The topological polar surface area (TPSA) is 50.9 Å². The highest BCUT2D eigenvalue weighted by Gasteiger charge is 2.22. The highest BCUT2D eigenvalue weighted by Crippen LogP contribution is 2.40. The lowest BCUT2D eigenvalue weighted by atomic mass is 9.91. The Hall–Kier alpha value is -3.13. The van der Waals surface area contributed by atoms with Crippen LogP contribution in [0.3, 0.4) is 0 Å². The fourth-order valence-electron chi connectivity index (χ4n) is 2.59. The number of nitrogens with zero attached hydrogens (tertiary/aromatic N) is 1. The molecule has 3 rings (SSSR count). The summed E-state index contributed by atoms with van der Waals surface area (Å²) in [5.41, 5.74) is 2.11. The molecule has 0 fully saturated rings. The van der Waals surface area contributed by atoms with E-state index in [4.69, 9.17) is 11.3 Å². The molecule has 0 amide bonds. The smallest absolute Gasteiger partial charge is 0.335 e. The van der Waals surface area contributed by atoms with Crippen molar-refractivity contribution in [1.29, 1.82) is 0 Å². The first-order valence-corrected chi connectivity index (χ1v) is 6.93. The van der Waals surface area contributed by atoms with E-state index in [2.05, 4.69) is 4.85 Å². The molecule has 0 aliphatic carbocycles. The Morgan fingerprint density at radius 3 is 2.74 bits per heavy atom. The number of ether oxygens (including phenoxy) is 1. The molecule has 0 saturated carbocycles. The minimum Gasteiger partial charge on any atom is -0.486 e. The second kappa shape index (κ2) is 5.58. The predicted molar refractivity (Wildman–Crippen MR) is 83.2 cm³/mol. The van der Waals surface area contributed by atoms with E-state index in [1.54, 1.807) is 12.1 Å². The molecule has 0 bridgehead atoms. The van der Waals surface area contributed by atoms with Crippen molar-refractivity contribution < 1.29 is 19.0 Å². The molecule has 0 saturated heterocycles. The standard InChI is InChI=1S/C18H12FNO3/c1-10-7-14(13-5-4-12(19)9-16(13)20-2)15-8-11(18(21)22)3-6-17(15)23-10/h3-10H,1H3,(H,21,22). The molecule has 1 unspecified atom stereocenters. The number of rotatable bonds is 2. The molecular weight excluding hydrogens is 297 g/mol. The van der Waals surface area contributed by atoms with Crippen molar-refractivity contribution in [2.24, 2.45) is 0 Å². The fourth-order valence-corrected chi connectivity index (χ4v) is 2.59. The zero-order chi connectivity index (χ0) is 16.6. The van der Waals surface area contributed by atoms with E-state index in [0.29, 0.717) is 22.4 Å². The third-order valence-corrected chi connectivity index (χ3v) is 3.60. The summed E-state index contributed by atoms with van der Waals surface area (Å²) in [5, 5.41) is 9.17. The normalized spacial score (nSPS) is 15.9. The minimum atomic E-state index is -1.05. The zero-order valence-electron chi connectivity index (χ0n) is 12.2. The van der Waals surface area contributed by atoms with Crippen molar-refractivity contribution in [2.75, 3.05) is 0 Å². The van der Waals surface area contributed by atoms with Gasteiger partial charge in [0.05, 0.1) is 12.1 Å². The Balaban J connectivity index is 2.23. The Kier molecular flexibility index (Phi) is 3.59. The van der Waals surface area contributed by atoms with Crippen molar-refractivity contribution >= 4 is 17.2 Å². The van der Waals surface area contributed by atoms with Crippen LogP contribution < -0.4 is 4.74 Å². The number of halogens is 1. The van der Waals surface area contributed by atoms with Gasteiger partial charge in [-0.25, -0.2) is 14.0 Å². The SMILES string of the molecule is [C-]#[N+]c1cc(F)ccc1C1=CC(C)Oc2ccc(C(=O)O)cc21. The van der Waals surface area contributed by atoms with Crippen LogP contribution in [0.5, 0.6) is 5.75 Å². The summed E-state index contributed by atoms with van der Waals surface area (Å²) in [7, 11) is 0. The first kappa shape index (κ1) is 14.8. The highest BCUT2D eigenvalue weighted by atomic mass is 19.1. The average molecular weight is 309 g/mol. The molecule has 2 aromatic rings. The van der Waals surface area contributed by atoms with Crippen molar-refractivity contribution in [3.8, 4) is 5.75 Å². The molecule has 0 aromatic heterocycles. The van der Waals surface area contributed by atoms with E-state index in [-0.39, 0.29) is 17.4 Å². The van der Waals surface area contributed by atoms with E-state index in [0.717, 1.165) is 0 Å². The Bertz CT molecular complexity index is 880. The van der Waals surface area contributed by atoms with Gasteiger partial charge in [-0.3, -0.25) is 0 Å². The fraction of sp³-hybridized carbons (Fsp3) is 0.111. The van der Waals surface area contributed by atoms with Crippen LogP contribution in [0.15, 0.2) is 42.5 Å². The van der Waals surface area contributed by atoms with Crippen LogP contribution in [0.25, 0.3) is 10.4 Å². The second-order valence-electron chi connectivity index (χ2n) is 5.19. The number of hydrogen-bond acceptors (Lipinski definition) is 2. The van der Waals surface area contributed by atoms with Gasteiger partial charge in [0.25, 0.3) is 0 Å². The number of carboxylic acids is 1. The van der Waals surface area contributed by atoms with Crippen molar-refractivity contribution in [2.45, 2.75) is 13.0 Å². The van der Waals surface area contributed by atoms with Gasteiger partial charge in [0, 0.05) is 5.56 Å². The van der Waals surface area contributed by atoms with Crippen LogP contribution in [-0.2, 0) is 0 Å². The molecule has 1 N–H and O–H groups in total. The molecule has 0 spiro atoms. The molecule has 2 aromatic carbocycles. The third kappa shape index (κ3) is 2.67. The lowest BCUT2D eigenvalue weighted by Gasteiger charge is -2.24. The number of carboxylic acid groups (broad SMARTS) is 1. The van der Waals surface area contributed by atoms with E-state index >= 15 is 0 Å². The van der Waals surface area contributed by atoms with Crippen molar-refractivity contribution in [3.05, 3.63) is 76.4 Å². The summed E-state index contributed by atoms with van der Waals surface area (Å²) in [4.78, 5) is 14.6. The molecule has 5 heteroatoms. The summed E-state index contributed by atoms with van der Waals surface area (Å²) < 4.78 is 19.1. The molecule has 23 heavy (non-hydrogen) atoms. The number of fused-ring (bicyclic) bond motifs is 1. The van der Waals surface area contributed by atoms with Crippen LogP contribution in [0, 0.1) is 12.4 Å². The molecule has 0 radical (unpaired) electrons. The van der Waals surface area contributed by atoms with E-state index in [9.17, 15) is 14.3 Å². The molecule has 1 aliphatic rings. The number of benzene rings is 2. The van der Waals surface area contributed by atoms with Crippen LogP contribution in [0.2, 0.25) is 0 Å². The maximum absolute atomic E-state index is 13.4. The zero-order valence-corrected chi connectivity index (χ0v) is 12.2. The molecule has 4 nitrogen and oxygen atoms in total. The van der Waals surface area contributed by atoms with Gasteiger partial charge in [-0.05, 0) is 54.5 Å². The maximum Gasteiger partial charge on any atom is 0.335 e. The van der Waals surface area contributed by atoms with Gasteiger partial charge in [-0.1, -0.05) is 6.07 Å². The lowest BCUT2D eigenvalue weighted by molar-refractivity contribution is 0.0697. The molecule has 1 aliphatic heterocycles. The molecular formula is C18H12FNO3. The number of carbonyl (C=O) groups is 1. The lowest BCUT2D eigenvalue weighted by Crippen LogP contribution is -2.16. The highest BCUT2D eigenvalue weighted by molar-refractivity contribution is 5.94. The van der Waals surface area contributed by atoms with Crippen molar-refractivity contribution in [3.63, 3.8) is 0 Å². The summed E-state index contributed by atoms with van der Waals surface area (Å²) in [5.74, 6) is -0.990. The van der Waals surface area contributed by atoms with Gasteiger partial charge in [0.15, 0.2) is 5.69 Å². The Morgan fingerprint density at radius 1 is 1.26 bits per heavy atom. The van der Waals surface area contributed by atoms with Crippen LogP contribution >= 0.6 is 0 Å². The van der Waals surface area contributed by atoms with Gasteiger partial charge in [-0.2, -0.15) is 0 Å². The van der Waals surface area contributed by atoms with E-state index in [1.807, 2.05) is 6.92 Å². The third-order valence-electron chi connectivity index (χ3n) is 3.60. The minimum absolute atomic E-state index is 0.124. The van der Waals surface area contributed by atoms with Gasteiger partial charge in [0.2, 0.25) is 0 Å². The van der Waals surface area contributed by atoms with E-state index < -0.39 is 11.8 Å². The summed E-state index contributed by atoms with van der Waals surface area (Å²) in [6.45, 7) is 9.09. The van der Waals surface area contributed by atoms with Gasteiger partial charge in [0.1, 0.15) is 17.7 Å². The van der Waals surface area contributed by atoms with Crippen LogP contribution in [0.1, 0.15) is 28.4 Å². The molecule has 1 atom stereocenters. The quantitative estimate of drug-likeness (QED) is 0.842. The molecule has 1 heterocycles. The predicted octanol–water partition coefficient (Wildman–Crippen LogP) is 4.29. The number of aromatic carboxylic acids is 1. The maximum atomic E-state index is 13.4. The molecule has 114 valence electrons. The van der Waals surface area contributed by atoms with E-state index in [1.165, 1.54) is 30.3 Å². The summed E-state index contributed by atoms with van der Waals surface area (Å²) in [6.07, 6.45) is 1.56. The average Bonchev–Trinajstić information content (AvgIpc) is 2.53. The van der Waals surface area contributed by atoms with Crippen LogP contribution in [0.4, 0.5) is 10.1 Å². The Morgan fingerprint density at radius 2 is 2.04 bits per heavy atom. The summed E-state index contributed by atoms with van der Waals surface area (Å²) >= 11 is 0. The number of hydrogen-bond donors (Lipinski definition) is 1. The first-order chi connectivity index (χ1) is 11.0. The first-order valence-electron chi connectivity index (χ1n) is 6.93. The van der Waals surface area contributed by atoms with Crippen LogP contribution in [-0.4, -0.2) is 17.2 Å². The Labute approximate surface area is 132 Å².